The van der Waals surface area contributed by atoms with Crippen molar-refractivity contribution in [3.05, 3.63) is 83.8 Å². The average Bonchev–Trinajstić information content (AvgIpc) is 3.18. The largest absolute Gasteiger partial charge is 0.496 e. The number of nitrogens with zero attached hydrogens (tertiary/aromatic N) is 4. The van der Waals surface area contributed by atoms with Crippen molar-refractivity contribution in [2.24, 2.45) is 0 Å². The number of aromatic nitrogens is 4. The fourth-order valence-electron chi connectivity index (χ4n) is 3.02. The first kappa shape index (κ1) is 18.1. The molecule has 2 aromatic heterocycles. The smallest absolute Gasteiger partial charge is 0.139 e. The van der Waals surface area contributed by atoms with Gasteiger partial charge >= 0.3 is 0 Å². The number of hydrogen-bond acceptors (Lipinski definition) is 4. The number of ether oxygens (including phenoxy) is 1. The molecule has 7 heteroatoms. The van der Waals surface area contributed by atoms with E-state index in [0.717, 1.165) is 11.3 Å². The van der Waals surface area contributed by atoms with E-state index < -0.39 is 0 Å². The Morgan fingerprint density at radius 2 is 2.04 bits per heavy atom. The van der Waals surface area contributed by atoms with Crippen molar-refractivity contribution in [3.63, 3.8) is 0 Å². The molecule has 0 amide bonds. The van der Waals surface area contributed by atoms with Crippen LogP contribution in [0.1, 0.15) is 5.56 Å². The second-order valence-corrected chi connectivity index (χ2v) is 6.58. The van der Waals surface area contributed by atoms with Crippen LogP contribution in [0.3, 0.4) is 0 Å². The normalized spacial score (nSPS) is 10.8. The Balaban J connectivity index is 1.70. The van der Waals surface area contributed by atoms with Gasteiger partial charge in [-0.15, -0.1) is 0 Å². The Hall–Kier alpha value is -3.25. The summed E-state index contributed by atoms with van der Waals surface area (Å²) >= 11 is 6.09. The molecule has 0 aliphatic rings. The summed E-state index contributed by atoms with van der Waals surface area (Å²) in [5, 5.41) is 4.86. The molecule has 5 nitrogen and oxygen atoms in total. The van der Waals surface area contributed by atoms with E-state index in [9.17, 15) is 0 Å². The van der Waals surface area contributed by atoms with Gasteiger partial charge in [0.25, 0.3) is 0 Å². The zero-order valence-electron chi connectivity index (χ0n) is 15.0. The Bertz CT molecular complexity index is 1110. The van der Waals surface area contributed by atoms with E-state index in [1.54, 1.807) is 59.5 Å². The summed E-state index contributed by atoms with van der Waals surface area (Å²) in [7, 11) is 1.52. The molecule has 0 bridgehead atoms. The first-order valence-corrected chi connectivity index (χ1v) is 8.93. The molecule has 4 aromatic rings. The van der Waals surface area contributed by atoms with Gasteiger partial charge in [-0.05, 0) is 29.8 Å². The Morgan fingerprint density at radius 1 is 1.14 bits per heavy atom. The average molecular weight is 395 g/mol. The third-order valence-electron chi connectivity index (χ3n) is 4.36. The van der Waals surface area contributed by atoms with Crippen LogP contribution in [0.4, 0.5) is 4.39 Å². The van der Waals surface area contributed by atoms with Crippen LogP contribution in [0.25, 0.3) is 22.4 Å². The monoisotopic (exact) mass is 394 g/mol. The van der Waals surface area contributed by atoms with Crippen LogP contribution in [0.5, 0.6) is 5.75 Å². The van der Waals surface area contributed by atoms with E-state index in [0.29, 0.717) is 27.5 Å². The number of benzene rings is 2. The molecular formula is C21H16ClFN4O. The lowest BCUT2D eigenvalue weighted by Gasteiger charge is -2.14. The van der Waals surface area contributed by atoms with E-state index in [2.05, 4.69) is 15.1 Å². The molecule has 0 spiro atoms. The first-order valence-electron chi connectivity index (χ1n) is 8.56. The maximum Gasteiger partial charge on any atom is 0.139 e. The van der Waals surface area contributed by atoms with E-state index in [4.69, 9.17) is 16.3 Å². The molecule has 4 rings (SSSR count). The Kier molecular flexibility index (Phi) is 5.04. The summed E-state index contributed by atoms with van der Waals surface area (Å²) < 4.78 is 22.4. The molecular weight excluding hydrogens is 379 g/mol. The maximum atomic E-state index is 15.4. The lowest BCUT2D eigenvalue weighted by molar-refractivity contribution is 0.412. The zero-order chi connectivity index (χ0) is 19.5. The third-order valence-corrected chi connectivity index (χ3v) is 4.60. The van der Waals surface area contributed by atoms with Crippen LogP contribution in [-0.4, -0.2) is 26.9 Å². The van der Waals surface area contributed by atoms with Crippen LogP contribution in [0.2, 0.25) is 5.02 Å². The van der Waals surface area contributed by atoms with Crippen molar-refractivity contribution in [2.75, 3.05) is 7.11 Å². The summed E-state index contributed by atoms with van der Waals surface area (Å²) in [6.45, 7) is 0.272. The lowest BCUT2D eigenvalue weighted by atomic mass is 10.0. The first-order chi connectivity index (χ1) is 13.7. The van der Waals surface area contributed by atoms with Crippen LogP contribution >= 0.6 is 11.6 Å². The summed E-state index contributed by atoms with van der Waals surface area (Å²) in [4.78, 5) is 8.11. The highest BCUT2D eigenvalue weighted by Crippen LogP contribution is 2.35. The Labute approximate surface area is 166 Å². The summed E-state index contributed by atoms with van der Waals surface area (Å²) in [5.74, 6) is 0.0892. The third kappa shape index (κ3) is 3.59. The second kappa shape index (κ2) is 7.78. The molecule has 28 heavy (non-hydrogen) atoms. The highest BCUT2D eigenvalue weighted by molar-refractivity contribution is 6.30. The van der Waals surface area contributed by atoms with Gasteiger partial charge in [0, 0.05) is 28.5 Å². The SMILES string of the molecule is COc1ccc(Cn2cc(-c3ccncn3)cn2)c(F)c1-c1cccc(Cl)c1. The van der Waals surface area contributed by atoms with E-state index in [-0.39, 0.29) is 12.4 Å². The number of rotatable bonds is 5. The molecule has 140 valence electrons. The molecule has 2 heterocycles. The second-order valence-electron chi connectivity index (χ2n) is 6.15. The minimum absolute atomic E-state index is 0.272. The molecule has 0 aliphatic heterocycles. The van der Waals surface area contributed by atoms with Crippen molar-refractivity contribution in [1.29, 1.82) is 0 Å². The summed E-state index contributed by atoms with van der Waals surface area (Å²) in [6, 6.07) is 12.3. The summed E-state index contributed by atoms with van der Waals surface area (Å²) in [5.41, 5.74) is 3.13. The molecule has 0 atom stereocenters. The zero-order valence-corrected chi connectivity index (χ0v) is 15.8. The topological polar surface area (TPSA) is 52.8 Å². The van der Waals surface area contributed by atoms with Gasteiger partial charge in [-0.25, -0.2) is 14.4 Å². The van der Waals surface area contributed by atoms with Gasteiger partial charge in [0.15, 0.2) is 0 Å². The van der Waals surface area contributed by atoms with Crippen molar-refractivity contribution in [1.82, 2.24) is 19.7 Å². The maximum absolute atomic E-state index is 15.4. The van der Waals surface area contributed by atoms with E-state index in [1.165, 1.54) is 13.4 Å². The standard InChI is InChI=1S/C21H16ClFN4O/c1-28-19-6-5-15(21(23)20(19)14-3-2-4-17(22)9-14)11-27-12-16(10-26-27)18-7-8-24-13-25-18/h2-10,12-13H,11H2,1H3. The molecule has 0 saturated carbocycles. The van der Waals surface area contributed by atoms with Crippen molar-refractivity contribution < 1.29 is 9.13 Å². The molecule has 0 aliphatic carbocycles. The number of halogens is 2. The highest BCUT2D eigenvalue weighted by atomic mass is 35.5. The van der Waals surface area contributed by atoms with Crippen molar-refractivity contribution in [3.8, 4) is 28.1 Å². The predicted molar refractivity (Wildman–Crippen MR) is 106 cm³/mol. The minimum atomic E-state index is -0.360. The van der Waals surface area contributed by atoms with Gasteiger partial charge in [0.2, 0.25) is 0 Å². The molecule has 0 fully saturated rings. The van der Waals surface area contributed by atoms with Gasteiger partial charge in [0.1, 0.15) is 17.9 Å². The molecule has 2 aromatic carbocycles. The van der Waals surface area contributed by atoms with Crippen LogP contribution in [0.15, 0.2) is 67.4 Å². The van der Waals surface area contributed by atoms with Crippen molar-refractivity contribution >= 4 is 11.6 Å². The minimum Gasteiger partial charge on any atom is -0.496 e. The van der Waals surface area contributed by atoms with E-state index >= 15 is 4.39 Å². The molecule has 0 N–H and O–H groups in total. The fourth-order valence-corrected chi connectivity index (χ4v) is 3.22. The van der Waals surface area contributed by atoms with Crippen LogP contribution in [-0.2, 0) is 6.54 Å². The van der Waals surface area contributed by atoms with Gasteiger partial charge in [-0.1, -0.05) is 29.8 Å². The van der Waals surface area contributed by atoms with Gasteiger partial charge in [0.05, 0.1) is 31.1 Å². The van der Waals surface area contributed by atoms with Crippen LogP contribution in [0, 0.1) is 5.82 Å². The van der Waals surface area contributed by atoms with Crippen LogP contribution < -0.4 is 4.74 Å². The van der Waals surface area contributed by atoms with Crippen molar-refractivity contribution in [2.45, 2.75) is 6.54 Å². The van der Waals surface area contributed by atoms with E-state index in [1.807, 2.05) is 6.20 Å². The van der Waals surface area contributed by atoms with Gasteiger partial charge in [-0.3, -0.25) is 4.68 Å². The quantitative estimate of drug-likeness (QED) is 0.485. The summed E-state index contributed by atoms with van der Waals surface area (Å²) in [6.07, 6.45) is 6.67. The van der Waals surface area contributed by atoms with Gasteiger partial charge in [-0.2, -0.15) is 5.10 Å². The number of methoxy groups -OCH3 is 1. The number of hydrogen-bond donors (Lipinski definition) is 0. The molecule has 0 radical (unpaired) electrons. The molecule has 0 unspecified atom stereocenters. The lowest BCUT2D eigenvalue weighted by Crippen LogP contribution is -2.04. The highest BCUT2D eigenvalue weighted by Gasteiger charge is 2.17. The van der Waals surface area contributed by atoms with Gasteiger partial charge < -0.3 is 4.74 Å². The Morgan fingerprint density at radius 3 is 2.79 bits per heavy atom. The predicted octanol–water partition coefficient (Wildman–Crippen LogP) is 4.86. The fraction of sp³-hybridized carbons (Fsp3) is 0.0952. The molecule has 0 saturated heterocycles.